The molecule has 0 spiro atoms. The molecule has 2 heteroatoms. The number of hydrogen-bond donors (Lipinski definition) is 1. The Morgan fingerprint density at radius 2 is 2.14 bits per heavy atom. The van der Waals surface area contributed by atoms with Crippen LogP contribution in [0.2, 0.25) is 0 Å². The van der Waals surface area contributed by atoms with Crippen molar-refractivity contribution in [2.45, 2.75) is 11.8 Å². The van der Waals surface area contributed by atoms with Crippen molar-refractivity contribution in [1.82, 2.24) is 5.32 Å². The Morgan fingerprint density at radius 3 is 2.86 bits per heavy atom. The zero-order valence-corrected chi connectivity index (χ0v) is 9.89. The van der Waals surface area contributed by atoms with E-state index in [4.69, 9.17) is 0 Å². The molecular formula is C12H14BrN. The van der Waals surface area contributed by atoms with E-state index >= 15 is 0 Å². The largest absolute Gasteiger partial charge is 0.319 e. The number of nitrogens with one attached hydrogen (secondary N) is 1. The first kappa shape index (κ1) is 11.3. The zero-order valence-electron chi connectivity index (χ0n) is 8.31. The normalized spacial score (nSPS) is 9.29. The molecule has 0 aliphatic carbocycles. The van der Waals surface area contributed by atoms with Gasteiger partial charge in [0.25, 0.3) is 0 Å². The molecule has 0 bridgehead atoms. The molecule has 14 heavy (non-hydrogen) atoms. The molecule has 1 rings (SSSR count). The van der Waals surface area contributed by atoms with Crippen molar-refractivity contribution in [3.63, 3.8) is 0 Å². The van der Waals surface area contributed by atoms with Gasteiger partial charge in [0.15, 0.2) is 0 Å². The maximum absolute atomic E-state index is 3.45. The summed E-state index contributed by atoms with van der Waals surface area (Å²) in [6.07, 6.45) is 0.896. The second kappa shape index (κ2) is 6.64. The fourth-order valence-corrected chi connectivity index (χ4v) is 1.59. The monoisotopic (exact) mass is 251 g/mol. The Kier molecular flexibility index (Phi) is 5.36. The Labute approximate surface area is 94.0 Å². The van der Waals surface area contributed by atoms with Crippen LogP contribution < -0.4 is 5.32 Å². The number of alkyl halides is 1. The standard InChI is InChI=1S/C12H14BrN/c1-14-9-5-4-7-11-6-2-3-8-12(11)10-13/h2-3,6,8,14H,5,9-10H2,1H3. The van der Waals surface area contributed by atoms with Crippen LogP contribution in [0.25, 0.3) is 0 Å². The third kappa shape index (κ3) is 3.53. The van der Waals surface area contributed by atoms with E-state index in [2.05, 4.69) is 45.2 Å². The lowest BCUT2D eigenvalue weighted by Gasteiger charge is -1.98. The van der Waals surface area contributed by atoms with Gasteiger partial charge in [-0.2, -0.15) is 0 Å². The molecule has 0 heterocycles. The van der Waals surface area contributed by atoms with Crippen molar-refractivity contribution in [3.05, 3.63) is 35.4 Å². The van der Waals surface area contributed by atoms with Crippen LogP contribution in [-0.4, -0.2) is 13.6 Å². The lowest BCUT2D eigenvalue weighted by Crippen LogP contribution is -2.05. The van der Waals surface area contributed by atoms with E-state index in [1.807, 2.05) is 19.2 Å². The third-order valence-corrected chi connectivity index (χ3v) is 2.49. The molecule has 0 aliphatic rings. The first-order valence-electron chi connectivity index (χ1n) is 4.66. The molecule has 1 nitrogen and oxygen atoms in total. The van der Waals surface area contributed by atoms with Gasteiger partial charge in [-0.3, -0.25) is 0 Å². The Morgan fingerprint density at radius 1 is 1.36 bits per heavy atom. The summed E-state index contributed by atoms with van der Waals surface area (Å²) in [5.41, 5.74) is 2.38. The molecule has 1 aromatic carbocycles. The smallest absolute Gasteiger partial charge is 0.0295 e. The maximum atomic E-state index is 3.45. The fourth-order valence-electron chi connectivity index (χ4n) is 1.10. The summed E-state index contributed by atoms with van der Waals surface area (Å²) < 4.78 is 0. The molecule has 1 aromatic rings. The topological polar surface area (TPSA) is 12.0 Å². The average Bonchev–Trinajstić information content (AvgIpc) is 2.25. The van der Waals surface area contributed by atoms with Crippen LogP contribution in [0.5, 0.6) is 0 Å². The summed E-state index contributed by atoms with van der Waals surface area (Å²) >= 11 is 3.45. The van der Waals surface area contributed by atoms with Gasteiger partial charge >= 0.3 is 0 Å². The summed E-state index contributed by atoms with van der Waals surface area (Å²) in [5.74, 6) is 6.32. The molecule has 0 radical (unpaired) electrons. The molecule has 0 unspecified atom stereocenters. The van der Waals surface area contributed by atoms with Crippen molar-refractivity contribution in [1.29, 1.82) is 0 Å². The Bertz CT molecular complexity index is 336. The zero-order chi connectivity index (χ0) is 10.2. The van der Waals surface area contributed by atoms with Gasteiger partial charge < -0.3 is 5.32 Å². The molecule has 0 fully saturated rings. The van der Waals surface area contributed by atoms with E-state index in [1.54, 1.807) is 0 Å². The Hall–Kier alpha value is -0.780. The van der Waals surface area contributed by atoms with Crippen LogP contribution in [0.4, 0.5) is 0 Å². The van der Waals surface area contributed by atoms with Crippen LogP contribution >= 0.6 is 15.9 Å². The van der Waals surface area contributed by atoms with E-state index in [0.29, 0.717) is 0 Å². The van der Waals surface area contributed by atoms with Gasteiger partial charge in [0, 0.05) is 23.9 Å². The predicted molar refractivity (Wildman–Crippen MR) is 64.5 cm³/mol. The van der Waals surface area contributed by atoms with Gasteiger partial charge in [-0.15, -0.1) is 0 Å². The minimum atomic E-state index is 0.865. The minimum Gasteiger partial charge on any atom is -0.319 e. The molecule has 1 N–H and O–H groups in total. The highest BCUT2D eigenvalue weighted by atomic mass is 79.9. The number of benzene rings is 1. The van der Waals surface area contributed by atoms with E-state index in [-0.39, 0.29) is 0 Å². The summed E-state index contributed by atoms with van der Waals surface area (Å²) in [4.78, 5) is 0. The van der Waals surface area contributed by atoms with Crippen LogP contribution in [-0.2, 0) is 5.33 Å². The van der Waals surface area contributed by atoms with Gasteiger partial charge in [0.2, 0.25) is 0 Å². The molecule has 0 saturated carbocycles. The molecule has 74 valence electrons. The highest BCUT2D eigenvalue weighted by Crippen LogP contribution is 2.10. The minimum absolute atomic E-state index is 0.865. The van der Waals surface area contributed by atoms with Crippen LogP contribution in [0.15, 0.2) is 24.3 Å². The number of rotatable bonds is 3. The van der Waals surface area contributed by atoms with E-state index in [9.17, 15) is 0 Å². The van der Waals surface area contributed by atoms with Gasteiger partial charge in [0.1, 0.15) is 0 Å². The van der Waals surface area contributed by atoms with E-state index < -0.39 is 0 Å². The summed E-state index contributed by atoms with van der Waals surface area (Å²) in [6, 6.07) is 8.21. The lowest BCUT2D eigenvalue weighted by molar-refractivity contribution is 0.818. The van der Waals surface area contributed by atoms with Crippen molar-refractivity contribution < 1.29 is 0 Å². The highest BCUT2D eigenvalue weighted by molar-refractivity contribution is 9.08. The molecular weight excluding hydrogens is 238 g/mol. The summed E-state index contributed by atoms with van der Waals surface area (Å²) in [6.45, 7) is 0.948. The van der Waals surface area contributed by atoms with Crippen molar-refractivity contribution in [2.24, 2.45) is 0 Å². The second-order valence-electron chi connectivity index (χ2n) is 2.95. The molecule has 0 aromatic heterocycles. The van der Waals surface area contributed by atoms with E-state index in [1.165, 1.54) is 5.56 Å². The van der Waals surface area contributed by atoms with Crippen molar-refractivity contribution >= 4 is 15.9 Å². The SMILES string of the molecule is CNCCC#Cc1ccccc1CBr. The van der Waals surface area contributed by atoms with Gasteiger partial charge in [-0.1, -0.05) is 46.0 Å². The second-order valence-corrected chi connectivity index (χ2v) is 3.51. The lowest BCUT2D eigenvalue weighted by atomic mass is 10.1. The number of hydrogen-bond acceptors (Lipinski definition) is 1. The van der Waals surface area contributed by atoms with Gasteiger partial charge in [0.05, 0.1) is 0 Å². The van der Waals surface area contributed by atoms with Crippen LogP contribution in [0, 0.1) is 11.8 Å². The molecule has 0 amide bonds. The summed E-state index contributed by atoms with van der Waals surface area (Å²) in [7, 11) is 1.94. The van der Waals surface area contributed by atoms with Crippen molar-refractivity contribution in [2.75, 3.05) is 13.6 Å². The third-order valence-electron chi connectivity index (χ3n) is 1.88. The summed E-state index contributed by atoms with van der Waals surface area (Å²) in [5, 5.41) is 3.94. The molecule has 0 atom stereocenters. The molecule has 0 aliphatic heterocycles. The van der Waals surface area contributed by atoms with E-state index in [0.717, 1.165) is 23.9 Å². The van der Waals surface area contributed by atoms with Crippen molar-refractivity contribution in [3.8, 4) is 11.8 Å². The van der Waals surface area contributed by atoms with Crippen LogP contribution in [0.1, 0.15) is 17.5 Å². The predicted octanol–water partition coefficient (Wildman–Crippen LogP) is 2.54. The fraction of sp³-hybridized carbons (Fsp3) is 0.333. The highest BCUT2D eigenvalue weighted by Gasteiger charge is 1.94. The first-order chi connectivity index (χ1) is 6.88. The average molecular weight is 252 g/mol. The first-order valence-corrected chi connectivity index (χ1v) is 5.78. The van der Waals surface area contributed by atoms with Crippen LogP contribution in [0.3, 0.4) is 0 Å². The quantitative estimate of drug-likeness (QED) is 0.495. The maximum Gasteiger partial charge on any atom is 0.0295 e. The van der Waals surface area contributed by atoms with Gasteiger partial charge in [-0.25, -0.2) is 0 Å². The van der Waals surface area contributed by atoms with Gasteiger partial charge in [-0.05, 0) is 18.7 Å². The number of halogens is 1. The molecule has 0 saturated heterocycles. The Balaban J connectivity index is 2.68.